The highest BCUT2D eigenvalue weighted by atomic mass is 32.1. The van der Waals surface area contributed by atoms with E-state index in [0.29, 0.717) is 11.6 Å². The van der Waals surface area contributed by atoms with E-state index in [0.717, 1.165) is 32.5 Å². The second-order valence-electron chi connectivity index (χ2n) is 4.37. The minimum Gasteiger partial charge on any atom is -0.302 e. The maximum absolute atomic E-state index is 12.0. The van der Waals surface area contributed by atoms with Crippen molar-refractivity contribution in [1.82, 2.24) is 9.88 Å². The normalized spacial score (nSPS) is 20.3. The van der Waals surface area contributed by atoms with Gasteiger partial charge in [-0.2, -0.15) is 5.26 Å². The van der Waals surface area contributed by atoms with Crippen molar-refractivity contribution >= 4 is 22.4 Å². The number of nitrogens with zero attached hydrogens (tertiary/aromatic N) is 3. The topological polar surface area (TPSA) is 69.0 Å². The Morgan fingerprint density at radius 3 is 3.33 bits per heavy atom. The fraction of sp³-hybridized carbons (Fsp3) is 0.583. The molecule has 96 valence electrons. The molecule has 1 aliphatic rings. The van der Waals surface area contributed by atoms with Crippen molar-refractivity contribution in [2.75, 3.05) is 25.0 Å². The Hall–Kier alpha value is -1.45. The third-order valence-electron chi connectivity index (χ3n) is 3.08. The first-order valence-electron chi connectivity index (χ1n) is 6.09. The van der Waals surface area contributed by atoms with Crippen molar-refractivity contribution in [1.29, 1.82) is 5.26 Å². The number of likely N-dealkylation sites (tertiary alicyclic amines) is 1. The lowest BCUT2D eigenvalue weighted by molar-refractivity contribution is -0.121. The zero-order valence-electron chi connectivity index (χ0n) is 10.1. The Kier molecular flexibility index (Phi) is 4.67. The van der Waals surface area contributed by atoms with Crippen LogP contribution < -0.4 is 5.32 Å². The van der Waals surface area contributed by atoms with Crippen molar-refractivity contribution < 1.29 is 4.79 Å². The number of anilines is 1. The molecule has 0 bridgehead atoms. The Morgan fingerprint density at radius 2 is 2.61 bits per heavy atom. The quantitative estimate of drug-likeness (QED) is 0.898. The highest BCUT2D eigenvalue weighted by Crippen LogP contribution is 2.19. The summed E-state index contributed by atoms with van der Waals surface area (Å²) in [5.41, 5.74) is 0. The number of hydrogen-bond acceptors (Lipinski definition) is 5. The zero-order chi connectivity index (χ0) is 12.8. The summed E-state index contributed by atoms with van der Waals surface area (Å²) in [6, 6.07) is 2.14. The van der Waals surface area contributed by atoms with Gasteiger partial charge >= 0.3 is 0 Å². The largest absolute Gasteiger partial charge is 0.302 e. The molecule has 2 rings (SSSR count). The molecule has 0 saturated carbocycles. The summed E-state index contributed by atoms with van der Waals surface area (Å²) < 4.78 is 0. The summed E-state index contributed by atoms with van der Waals surface area (Å²) in [6.07, 6.45) is 4.14. The Morgan fingerprint density at radius 1 is 1.72 bits per heavy atom. The van der Waals surface area contributed by atoms with E-state index in [2.05, 4.69) is 21.3 Å². The molecule has 1 fully saturated rings. The summed E-state index contributed by atoms with van der Waals surface area (Å²) >= 11 is 1.43. The third-order valence-corrected chi connectivity index (χ3v) is 3.77. The van der Waals surface area contributed by atoms with Crippen molar-refractivity contribution in [2.24, 2.45) is 5.92 Å². The second-order valence-corrected chi connectivity index (χ2v) is 5.27. The summed E-state index contributed by atoms with van der Waals surface area (Å²) in [5, 5.41) is 13.9. The van der Waals surface area contributed by atoms with Gasteiger partial charge in [-0.15, -0.1) is 11.3 Å². The zero-order valence-corrected chi connectivity index (χ0v) is 10.9. The lowest BCUT2D eigenvalue weighted by Crippen LogP contribution is -2.41. The molecular formula is C12H16N4OS. The van der Waals surface area contributed by atoms with E-state index < -0.39 is 0 Å². The van der Waals surface area contributed by atoms with Crippen LogP contribution in [0.15, 0.2) is 11.6 Å². The number of carbonyl (C=O) groups excluding carboxylic acids is 1. The fourth-order valence-electron chi connectivity index (χ4n) is 2.17. The van der Waals surface area contributed by atoms with Crippen LogP contribution in [-0.2, 0) is 4.79 Å². The van der Waals surface area contributed by atoms with Gasteiger partial charge in [-0.3, -0.25) is 4.79 Å². The Bertz CT molecular complexity index is 426. The van der Waals surface area contributed by atoms with Gasteiger partial charge in [-0.1, -0.05) is 0 Å². The number of hydrogen-bond donors (Lipinski definition) is 1. The molecule has 5 nitrogen and oxygen atoms in total. The van der Waals surface area contributed by atoms with Crippen molar-refractivity contribution in [2.45, 2.75) is 19.3 Å². The van der Waals surface area contributed by atoms with Crippen molar-refractivity contribution in [3.05, 3.63) is 11.6 Å². The van der Waals surface area contributed by atoms with Crippen LogP contribution in [0.5, 0.6) is 0 Å². The van der Waals surface area contributed by atoms with Gasteiger partial charge in [0.25, 0.3) is 0 Å². The standard InChI is InChI=1S/C12H16N4OS/c13-4-2-7-16-6-1-3-10(9-16)11(17)15-12-14-5-8-18-12/h5,8,10H,1-3,6-7,9H2,(H,14,15,17)/t10-/m0/s1. The van der Waals surface area contributed by atoms with Crippen LogP contribution in [0.2, 0.25) is 0 Å². The molecule has 2 heterocycles. The number of rotatable bonds is 4. The molecule has 6 heteroatoms. The third kappa shape index (κ3) is 3.52. The number of carbonyl (C=O) groups is 1. The molecule has 0 radical (unpaired) electrons. The van der Waals surface area contributed by atoms with E-state index in [9.17, 15) is 4.79 Å². The van der Waals surface area contributed by atoms with E-state index in [4.69, 9.17) is 5.26 Å². The maximum atomic E-state index is 12.0. The van der Waals surface area contributed by atoms with Crippen molar-refractivity contribution in [3.8, 4) is 6.07 Å². The fourth-order valence-corrected chi connectivity index (χ4v) is 2.71. The molecule has 0 aromatic carbocycles. The molecule has 1 aliphatic heterocycles. The van der Waals surface area contributed by atoms with Crippen LogP contribution in [0.3, 0.4) is 0 Å². The first-order valence-corrected chi connectivity index (χ1v) is 6.97. The molecular weight excluding hydrogens is 248 g/mol. The molecule has 0 unspecified atom stereocenters. The second kappa shape index (κ2) is 6.47. The molecule has 1 N–H and O–H groups in total. The molecule has 1 amide bonds. The number of nitriles is 1. The average Bonchev–Trinajstić information content (AvgIpc) is 2.89. The molecule has 1 aromatic heterocycles. The SMILES string of the molecule is N#CCCN1CCC[C@H](C(=O)Nc2nccs2)C1. The number of piperidine rings is 1. The molecule has 0 spiro atoms. The molecule has 1 saturated heterocycles. The number of nitrogens with one attached hydrogen (secondary N) is 1. The molecule has 1 atom stereocenters. The Labute approximate surface area is 110 Å². The number of aromatic nitrogens is 1. The van der Waals surface area contributed by atoms with Gasteiger partial charge in [0.1, 0.15) is 0 Å². The summed E-state index contributed by atoms with van der Waals surface area (Å²) in [5.74, 6) is 0.0629. The summed E-state index contributed by atoms with van der Waals surface area (Å²) in [6.45, 7) is 2.50. The van der Waals surface area contributed by atoms with Gasteiger partial charge in [-0.05, 0) is 19.4 Å². The minimum absolute atomic E-state index is 0.0151. The van der Waals surface area contributed by atoms with E-state index in [-0.39, 0.29) is 11.8 Å². The first kappa shape index (κ1) is 13.0. The number of thiazole rings is 1. The van der Waals surface area contributed by atoms with Crippen molar-refractivity contribution in [3.63, 3.8) is 0 Å². The summed E-state index contributed by atoms with van der Waals surface area (Å²) in [7, 11) is 0. The number of amides is 1. The van der Waals surface area contributed by atoms with E-state index >= 15 is 0 Å². The van der Waals surface area contributed by atoms with Gasteiger partial charge in [0.15, 0.2) is 5.13 Å². The van der Waals surface area contributed by atoms with Gasteiger partial charge in [0.2, 0.25) is 5.91 Å². The van der Waals surface area contributed by atoms with Crippen LogP contribution >= 0.6 is 11.3 Å². The van der Waals surface area contributed by atoms with Crippen LogP contribution in [-0.4, -0.2) is 35.4 Å². The molecule has 18 heavy (non-hydrogen) atoms. The van der Waals surface area contributed by atoms with Gasteiger partial charge < -0.3 is 10.2 Å². The summed E-state index contributed by atoms with van der Waals surface area (Å²) in [4.78, 5) is 18.3. The molecule has 1 aromatic rings. The monoisotopic (exact) mass is 264 g/mol. The lowest BCUT2D eigenvalue weighted by Gasteiger charge is -2.31. The van der Waals surface area contributed by atoms with E-state index in [1.807, 2.05) is 5.38 Å². The minimum atomic E-state index is 0.0151. The smallest absolute Gasteiger partial charge is 0.230 e. The van der Waals surface area contributed by atoms with Crippen LogP contribution in [0.25, 0.3) is 0 Å². The average molecular weight is 264 g/mol. The van der Waals surface area contributed by atoms with E-state index in [1.165, 1.54) is 11.3 Å². The predicted octanol–water partition coefficient (Wildman–Crippen LogP) is 1.71. The van der Waals surface area contributed by atoms with E-state index in [1.54, 1.807) is 6.20 Å². The van der Waals surface area contributed by atoms with Gasteiger partial charge in [0.05, 0.1) is 12.0 Å². The van der Waals surface area contributed by atoms with Gasteiger partial charge in [0, 0.05) is 31.1 Å². The first-order chi connectivity index (χ1) is 8.79. The van der Waals surface area contributed by atoms with Crippen LogP contribution in [0.1, 0.15) is 19.3 Å². The maximum Gasteiger partial charge on any atom is 0.230 e. The predicted molar refractivity (Wildman–Crippen MR) is 70.1 cm³/mol. The lowest BCUT2D eigenvalue weighted by atomic mass is 9.97. The molecule has 0 aliphatic carbocycles. The highest BCUT2D eigenvalue weighted by molar-refractivity contribution is 7.13. The van der Waals surface area contributed by atoms with Gasteiger partial charge in [-0.25, -0.2) is 4.98 Å². The highest BCUT2D eigenvalue weighted by Gasteiger charge is 2.25. The van der Waals surface area contributed by atoms with Crippen LogP contribution in [0, 0.1) is 17.2 Å². The van der Waals surface area contributed by atoms with Crippen LogP contribution in [0.4, 0.5) is 5.13 Å². The Balaban J connectivity index is 1.84.